The van der Waals surface area contributed by atoms with E-state index in [0.29, 0.717) is 5.56 Å². The predicted octanol–water partition coefficient (Wildman–Crippen LogP) is -0.718. The molecule has 6 heteroatoms. The van der Waals surface area contributed by atoms with Gasteiger partial charge in [0.05, 0.1) is 6.07 Å². The molecule has 1 nitrogen and oxygen atoms in total. The van der Waals surface area contributed by atoms with Crippen LogP contribution in [-0.2, 0) is 0 Å². The molecule has 0 atom stereocenters. The minimum absolute atomic E-state index is 0. The fourth-order valence-electron chi connectivity index (χ4n) is 0.959. The number of allylic oxidation sites excluding steroid dienone is 1. The van der Waals surface area contributed by atoms with Gasteiger partial charge in [0.15, 0.2) is 0 Å². The van der Waals surface area contributed by atoms with Gasteiger partial charge in [0.1, 0.15) is 0 Å². The maximum Gasteiger partial charge on any atom is 1.00 e. The third-order valence-corrected chi connectivity index (χ3v) is 1.66. The molecule has 1 aromatic rings. The molecular weight excluding hydrogens is 229 g/mol. The molecule has 0 spiro atoms. The van der Waals surface area contributed by atoms with Crippen LogP contribution < -0.4 is 56.8 Å². The second kappa shape index (κ2) is 6.51. The molecule has 0 saturated carbocycles. The van der Waals surface area contributed by atoms with Gasteiger partial charge in [-0.3, -0.25) is 0 Å². The fraction of sp³-hybridized carbons (Fsp3) is 0. The Hall–Kier alpha value is -0.0587. The predicted molar refractivity (Wildman–Crippen MR) is 49.8 cm³/mol. The van der Waals surface area contributed by atoms with Crippen LogP contribution in [-0.4, -0.2) is 6.98 Å². The van der Waals surface area contributed by atoms with Crippen molar-refractivity contribution >= 4 is 18.5 Å². The molecule has 1 aromatic carbocycles. The zero-order valence-electron chi connectivity index (χ0n) is 8.12. The molecule has 0 aliphatic carbocycles. The molecule has 0 fully saturated rings. The number of halogens is 3. The van der Waals surface area contributed by atoms with E-state index in [9.17, 15) is 12.9 Å². The van der Waals surface area contributed by atoms with Crippen molar-refractivity contribution in [2.45, 2.75) is 0 Å². The van der Waals surface area contributed by atoms with E-state index in [0.717, 1.165) is 12.1 Å². The smallest absolute Gasteiger partial charge is 0.445 e. The van der Waals surface area contributed by atoms with Crippen LogP contribution in [0.4, 0.5) is 12.9 Å². The molecule has 0 aromatic heterocycles. The largest absolute Gasteiger partial charge is 1.00 e. The van der Waals surface area contributed by atoms with E-state index in [2.05, 4.69) is 0 Å². The summed E-state index contributed by atoms with van der Waals surface area (Å²) in [5.41, 5.74) is -0.0468. The van der Waals surface area contributed by atoms with Crippen LogP contribution in [0.15, 0.2) is 30.3 Å². The molecule has 0 unspecified atom stereocenters. The Kier molecular flexibility index (Phi) is 6.48. The van der Waals surface area contributed by atoms with Crippen molar-refractivity contribution in [2.75, 3.05) is 0 Å². The van der Waals surface area contributed by atoms with Crippen molar-refractivity contribution in [2.24, 2.45) is 0 Å². The first-order valence-electron chi connectivity index (χ1n) is 3.90. The van der Waals surface area contributed by atoms with Crippen LogP contribution in [0, 0.1) is 11.3 Å². The van der Waals surface area contributed by atoms with Gasteiger partial charge in [0, 0.05) is 6.08 Å². The van der Waals surface area contributed by atoms with Crippen molar-refractivity contribution in [1.29, 1.82) is 5.26 Å². The Balaban J connectivity index is 0.00000196. The first-order chi connectivity index (χ1) is 6.54. The van der Waals surface area contributed by atoms with Crippen molar-refractivity contribution in [3.8, 4) is 6.07 Å². The average molecular weight is 235 g/mol. The molecule has 0 amide bonds. The SMILES string of the molecule is N#C/C=C/c1ccc([B-](F)(F)F)cc1.[K+]. The first-order valence-corrected chi connectivity index (χ1v) is 3.90. The molecule has 0 bridgehead atoms. The fourth-order valence-corrected chi connectivity index (χ4v) is 0.959. The number of rotatable bonds is 2. The quantitative estimate of drug-likeness (QED) is 0.490. The molecule has 0 aliphatic rings. The zero-order chi connectivity index (χ0) is 10.6. The summed E-state index contributed by atoms with van der Waals surface area (Å²) >= 11 is 0. The first kappa shape index (κ1) is 14.9. The van der Waals surface area contributed by atoms with Crippen molar-refractivity contribution < 1.29 is 64.3 Å². The van der Waals surface area contributed by atoms with E-state index in [-0.39, 0.29) is 51.4 Å². The summed E-state index contributed by atoms with van der Waals surface area (Å²) in [6.45, 7) is -4.92. The van der Waals surface area contributed by atoms with Crippen LogP contribution >= 0.6 is 0 Å². The molecule has 72 valence electrons. The van der Waals surface area contributed by atoms with Crippen LogP contribution in [0.2, 0.25) is 0 Å². The molecule has 0 radical (unpaired) electrons. The van der Waals surface area contributed by atoms with Crippen LogP contribution in [0.25, 0.3) is 6.08 Å². The summed E-state index contributed by atoms with van der Waals surface area (Å²) in [6.07, 6.45) is 2.67. The van der Waals surface area contributed by atoms with E-state index in [1.807, 2.05) is 0 Å². The van der Waals surface area contributed by atoms with E-state index in [1.54, 1.807) is 6.07 Å². The van der Waals surface area contributed by atoms with Crippen LogP contribution in [0.5, 0.6) is 0 Å². The van der Waals surface area contributed by atoms with Gasteiger partial charge in [-0.25, -0.2) is 0 Å². The Labute approximate surface area is 128 Å². The number of nitriles is 1. The maximum atomic E-state index is 12.2. The van der Waals surface area contributed by atoms with E-state index in [1.165, 1.54) is 24.3 Å². The van der Waals surface area contributed by atoms with Gasteiger partial charge in [0.25, 0.3) is 0 Å². The summed E-state index contributed by atoms with van der Waals surface area (Å²) in [6, 6.07) is 6.45. The van der Waals surface area contributed by atoms with E-state index >= 15 is 0 Å². The summed E-state index contributed by atoms with van der Waals surface area (Å²) in [5, 5.41) is 8.20. The van der Waals surface area contributed by atoms with Gasteiger partial charge in [-0.1, -0.05) is 24.3 Å². The van der Waals surface area contributed by atoms with E-state index < -0.39 is 12.4 Å². The molecule has 0 N–H and O–H groups in total. The van der Waals surface area contributed by atoms with Gasteiger partial charge in [-0.15, -0.1) is 5.46 Å². The molecule has 0 saturated heterocycles. The number of hydrogen-bond donors (Lipinski definition) is 0. The molecule has 15 heavy (non-hydrogen) atoms. The average Bonchev–Trinajstić information content (AvgIpc) is 2.14. The minimum Gasteiger partial charge on any atom is -0.445 e. The Morgan fingerprint density at radius 3 is 2.07 bits per heavy atom. The third kappa shape index (κ3) is 5.00. The monoisotopic (exact) mass is 235 g/mol. The van der Waals surface area contributed by atoms with Crippen LogP contribution in [0.3, 0.4) is 0 Å². The van der Waals surface area contributed by atoms with Gasteiger partial charge in [-0.05, 0) is 11.6 Å². The second-order valence-electron chi connectivity index (χ2n) is 2.70. The maximum absolute atomic E-state index is 12.2. The number of hydrogen-bond acceptors (Lipinski definition) is 1. The Bertz CT molecular complexity index is 378. The number of benzene rings is 1. The molecule has 0 heterocycles. The summed E-state index contributed by atoms with van der Waals surface area (Å²) in [7, 11) is 0. The standard InChI is InChI=1S/C9H6BF3N.K/c11-10(12,13)9-5-3-8(4-6-9)2-1-7-14;/h1-6H;/q-1;+1/b2-1+;. The van der Waals surface area contributed by atoms with Crippen molar-refractivity contribution in [3.63, 3.8) is 0 Å². The van der Waals surface area contributed by atoms with Crippen LogP contribution in [0.1, 0.15) is 5.56 Å². The van der Waals surface area contributed by atoms with E-state index in [4.69, 9.17) is 5.26 Å². The van der Waals surface area contributed by atoms with Gasteiger partial charge in [-0.2, -0.15) is 5.26 Å². The minimum atomic E-state index is -4.92. The van der Waals surface area contributed by atoms with Crippen molar-refractivity contribution in [1.82, 2.24) is 0 Å². The van der Waals surface area contributed by atoms with Crippen molar-refractivity contribution in [3.05, 3.63) is 35.9 Å². The molecule has 1 rings (SSSR count). The Morgan fingerprint density at radius 2 is 1.67 bits per heavy atom. The third-order valence-electron chi connectivity index (χ3n) is 1.66. The van der Waals surface area contributed by atoms with Gasteiger partial charge >= 0.3 is 58.4 Å². The summed E-state index contributed by atoms with van der Waals surface area (Å²) in [4.78, 5) is 0. The molecular formula is C9H6BF3KN. The Morgan fingerprint density at radius 1 is 1.13 bits per heavy atom. The molecule has 0 aliphatic heterocycles. The zero-order valence-corrected chi connectivity index (χ0v) is 11.2. The topological polar surface area (TPSA) is 23.8 Å². The summed E-state index contributed by atoms with van der Waals surface area (Å²) in [5.74, 6) is 0. The van der Waals surface area contributed by atoms with Gasteiger partial charge in [0.2, 0.25) is 0 Å². The number of nitrogens with zero attached hydrogens (tertiary/aromatic N) is 1. The van der Waals surface area contributed by atoms with Gasteiger partial charge < -0.3 is 12.9 Å². The normalized spacial score (nSPS) is 10.8. The summed E-state index contributed by atoms with van der Waals surface area (Å²) < 4.78 is 36.5. The second-order valence-corrected chi connectivity index (χ2v) is 2.70.